The van der Waals surface area contributed by atoms with E-state index in [-0.39, 0.29) is 16.7 Å². The predicted octanol–water partition coefficient (Wildman–Crippen LogP) is 2.36. The summed E-state index contributed by atoms with van der Waals surface area (Å²) >= 11 is 0. The molecule has 4 atom stereocenters. The number of carbonyl (C=O) groups is 2. The molecule has 1 unspecified atom stereocenters. The maximum atomic E-state index is 12.1. The third kappa shape index (κ3) is 0.799. The Morgan fingerprint density at radius 2 is 1.93 bits per heavy atom. The van der Waals surface area contributed by atoms with Gasteiger partial charge in [0.15, 0.2) is 0 Å². The predicted molar refractivity (Wildman–Crippen MR) is 56.3 cm³/mol. The Balaban J connectivity index is 2.16. The van der Waals surface area contributed by atoms with Gasteiger partial charge in [-0.15, -0.1) is 0 Å². The molecule has 82 valence electrons. The lowest BCUT2D eigenvalue weighted by Crippen LogP contribution is -2.40. The van der Waals surface area contributed by atoms with Crippen LogP contribution in [0.25, 0.3) is 0 Å². The molecule has 2 nitrogen and oxygen atoms in total. The molecule has 0 bridgehead atoms. The van der Waals surface area contributed by atoms with E-state index in [1.165, 1.54) is 0 Å². The van der Waals surface area contributed by atoms with Crippen molar-refractivity contribution in [3.63, 3.8) is 0 Å². The molecule has 0 heterocycles. The van der Waals surface area contributed by atoms with Crippen molar-refractivity contribution in [3.05, 3.63) is 0 Å². The van der Waals surface area contributed by atoms with Crippen molar-refractivity contribution < 1.29 is 9.59 Å². The number of hydrogen-bond donors (Lipinski definition) is 0. The first-order valence-corrected chi connectivity index (χ1v) is 6.08. The third-order valence-corrected chi connectivity index (χ3v) is 5.77. The van der Waals surface area contributed by atoms with Crippen molar-refractivity contribution in [3.8, 4) is 0 Å². The molecule has 0 aromatic carbocycles. The summed E-state index contributed by atoms with van der Waals surface area (Å²) < 4.78 is 0. The van der Waals surface area contributed by atoms with Crippen LogP contribution in [0.4, 0.5) is 0 Å². The van der Waals surface area contributed by atoms with Gasteiger partial charge in [0.2, 0.25) is 0 Å². The van der Waals surface area contributed by atoms with Gasteiger partial charge in [0.05, 0.1) is 0 Å². The largest absolute Gasteiger partial charge is 0.299 e. The topological polar surface area (TPSA) is 34.1 Å². The molecule has 0 aromatic heterocycles. The van der Waals surface area contributed by atoms with Gasteiger partial charge >= 0.3 is 0 Å². The van der Waals surface area contributed by atoms with Gasteiger partial charge in [0.1, 0.15) is 11.6 Å². The summed E-state index contributed by atoms with van der Waals surface area (Å²) in [7, 11) is 0. The van der Waals surface area contributed by atoms with Crippen LogP contribution in [0.15, 0.2) is 0 Å². The standard InChI is InChI=1S/C13H18O2/c1-8-10(14)6-9-7-11(15)12(2)4-3-5-13(8,9)12/h8-9H,3-7H2,1-2H3/t8?,9-,12-,13-/m0/s1. The molecule has 0 radical (unpaired) electrons. The van der Waals surface area contributed by atoms with Gasteiger partial charge in [0, 0.05) is 24.2 Å². The van der Waals surface area contributed by atoms with Gasteiger partial charge < -0.3 is 0 Å². The molecule has 0 amide bonds. The third-order valence-electron chi connectivity index (χ3n) is 5.77. The van der Waals surface area contributed by atoms with Crippen LogP contribution in [0.3, 0.4) is 0 Å². The van der Waals surface area contributed by atoms with E-state index in [4.69, 9.17) is 0 Å². The Hall–Kier alpha value is -0.660. The van der Waals surface area contributed by atoms with E-state index in [2.05, 4.69) is 13.8 Å². The first-order valence-electron chi connectivity index (χ1n) is 6.08. The zero-order chi connectivity index (χ0) is 10.8. The lowest BCUT2D eigenvalue weighted by Gasteiger charge is -2.39. The fourth-order valence-electron chi connectivity index (χ4n) is 4.94. The molecular formula is C13H18O2. The summed E-state index contributed by atoms with van der Waals surface area (Å²) in [5, 5.41) is 0. The van der Waals surface area contributed by atoms with Crippen LogP contribution >= 0.6 is 0 Å². The van der Waals surface area contributed by atoms with E-state index >= 15 is 0 Å². The molecule has 15 heavy (non-hydrogen) atoms. The van der Waals surface area contributed by atoms with E-state index in [9.17, 15) is 9.59 Å². The Morgan fingerprint density at radius 3 is 2.67 bits per heavy atom. The SMILES string of the molecule is CC1C(=O)C[C@H]2CC(=O)[C@]3(C)CCC[C@]123. The average molecular weight is 206 g/mol. The maximum absolute atomic E-state index is 12.1. The second kappa shape index (κ2) is 2.53. The van der Waals surface area contributed by atoms with Crippen molar-refractivity contribution in [2.75, 3.05) is 0 Å². The first kappa shape index (κ1) is 9.56. The van der Waals surface area contributed by atoms with Crippen LogP contribution in [-0.4, -0.2) is 11.6 Å². The van der Waals surface area contributed by atoms with Gasteiger partial charge in [-0.3, -0.25) is 9.59 Å². The highest BCUT2D eigenvalue weighted by atomic mass is 16.1. The lowest BCUT2D eigenvalue weighted by molar-refractivity contribution is -0.131. The van der Waals surface area contributed by atoms with Crippen LogP contribution in [0, 0.1) is 22.7 Å². The number of hydrogen-bond acceptors (Lipinski definition) is 2. The van der Waals surface area contributed by atoms with E-state index in [1.54, 1.807) is 0 Å². The second-order valence-corrected chi connectivity index (χ2v) is 5.94. The molecule has 0 aliphatic heterocycles. The summed E-state index contributed by atoms with van der Waals surface area (Å²) in [5.41, 5.74) is -0.107. The van der Waals surface area contributed by atoms with E-state index < -0.39 is 0 Å². The second-order valence-electron chi connectivity index (χ2n) is 5.94. The molecule has 3 saturated carbocycles. The zero-order valence-corrected chi connectivity index (χ0v) is 9.51. The monoisotopic (exact) mass is 206 g/mol. The van der Waals surface area contributed by atoms with Crippen molar-refractivity contribution in [2.45, 2.75) is 46.0 Å². The van der Waals surface area contributed by atoms with Crippen LogP contribution in [0.2, 0.25) is 0 Å². The summed E-state index contributed by atoms with van der Waals surface area (Å²) in [6.07, 6.45) is 4.60. The Labute approximate surface area is 90.4 Å². The number of rotatable bonds is 0. The first-order chi connectivity index (χ1) is 7.02. The molecule has 0 saturated heterocycles. The Kier molecular flexibility index (Phi) is 1.61. The molecule has 3 aliphatic carbocycles. The number of carbonyl (C=O) groups excluding carboxylic acids is 2. The summed E-state index contributed by atoms with van der Waals surface area (Å²) in [4.78, 5) is 24.0. The molecule has 2 heteroatoms. The molecular weight excluding hydrogens is 188 g/mol. The summed E-state index contributed by atoms with van der Waals surface area (Å²) in [6.45, 7) is 4.18. The molecule has 3 fully saturated rings. The van der Waals surface area contributed by atoms with Crippen molar-refractivity contribution in [1.82, 2.24) is 0 Å². The highest BCUT2D eigenvalue weighted by molar-refractivity contribution is 5.95. The van der Waals surface area contributed by atoms with Crippen LogP contribution < -0.4 is 0 Å². The van der Waals surface area contributed by atoms with Crippen molar-refractivity contribution in [2.24, 2.45) is 22.7 Å². The molecule has 3 rings (SSSR count). The normalized spacial score (nSPS) is 53.5. The highest BCUT2D eigenvalue weighted by Crippen LogP contribution is 2.70. The van der Waals surface area contributed by atoms with Crippen LogP contribution in [0.5, 0.6) is 0 Å². The minimum absolute atomic E-state index is 0.0567. The van der Waals surface area contributed by atoms with Gasteiger partial charge in [-0.25, -0.2) is 0 Å². The van der Waals surface area contributed by atoms with Gasteiger partial charge in [-0.05, 0) is 24.2 Å². The summed E-state index contributed by atoms with van der Waals surface area (Å²) in [6, 6.07) is 0. The smallest absolute Gasteiger partial charge is 0.139 e. The number of Topliss-reactive ketones (excluding diaryl/α,β-unsaturated/α-hetero) is 2. The molecule has 1 spiro atoms. The Bertz CT molecular complexity index is 360. The average Bonchev–Trinajstić information content (AvgIpc) is 2.70. The van der Waals surface area contributed by atoms with Crippen molar-refractivity contribution in [1.29, 1.82) is 0 Å². The van der Waals surface area contributed by atoms with Gasteiger partial charge in [-0.2, -0.15) is 0 Å². The van der Waals surface area contributed by atoms with E-state index in [0.29, 0.717) is 30.3 Å². The minimum Gasteiger partial charge on any atom is -0.299 e. The quantitative estimate of drug-likeness (QED) is 0.609. The molecule has 3 aliphatic rings. The fraction of sp³-hybridized carbons (Fsp3) is 0.846. The Morgan fingerprint density at radius 1 is 1.20 bits per heavy atom. The number of ketones is 2. The molecule has 0 N–H and O–H groups in total. The van der Waals surface area contributed by atoms with E-state index in [0.717, 1.165) is 19.3 Å². The van der Waals surface area contributed by atoms with Crippen molar-refractivity contribution >= 4 is 11.6 Å². The maximum Gasteiger partial charge on any atom is 0.139 e. The highest BCUT2D eigenvalue weighted by Gasteiger charge is 2.70. The zero-order valence-electron chi connectivity index (χ0n) is 9.51. The summed E-state index contributed by atoms with van der Waals surface area (Å²) in [5.74, 6) is 1.34. The molecule has 0 aromatic rings. The lowest BCUT2D eigenvalue weighted by atomic mass is 9.62. The van der Waals surface area contributed by atoms with Gasteiger partial charge in [-0.1, -0.05) is 20.3 Å². The minimum atomic E-state index is -0.163. The van der Waals surface area contributed by atoms with Crippen LogP contribution in [-0.2, 0) is 9.59 Å². The fourth-order valence-corrected chi connectivity index (χ4v) is 4.94. The van der Waals surface area contributed by atoms with Gasteiger partial charge in [0.25, 0.3) is 0 Å². The van der Waals surface area contributed by atoms with Crippen LogP contribution in [0.1, 0.15) is 46.0 Å². The van der Waals surface area contributed by atoms with E-state index in [1.807, 2.05) is 0 Å².